The van der Waals surface area contributed by atoms with Gasteiger partial charge in [-0.15, -0.1) is 0 Å². The molecule has 2 aromatic heterocycles. The quantitative estimate of drug-likeness (QED) is 0.698. The number of pyridine rings is 1. The maximum atomic E-state index is 12.7. The van der Waals surface area contributed by atoms with E-state index in [4.69, 9.17) is 9.41 Å². The van der Waals surface area contributed by atoms with E-state index < -0.39 is 0 Å². The molecule has 2 N–H and O–H groups in total. The zero-order chi connectivity index (χ0) is 20.4. The molecule has 4 heterocycles. The topological polar surface area (TPSA) is 82.8 Å². The number of nitrogens with one attached hydrogen (secondary N) is 2. The maximum Gasteiger partial charge on any atom is 0.289 e. The average molecular weight is 401 g/mol. The van der Waals surface area contributed by atoms with Crippen molar-refractivity contribution in [3.05, 3.63) is 78.4 Å². The maximum absolute atomic E-state index is 12.7. The lowest BCUT2D eigenvalue weighted by Gasteiger charge is -2.46. The predicted molar refractivity (Wildman–Crippen MR) is 116 cm³/mol. The molecular formula is C23H23N5O2. The van der Waals surface area contributed by atoms with Gasteiger partial charge in [-0.1, -0.05) is 30.3 Å². The number of anilines is 2. The third-order valence-corrected chi connectivity index (χ3v) is 5.77. The Morgan fingerprint density at radius 3 is 2.70 bits per heavy atom. The highest BCUT2D eigenvalue weighted by molar-refractivity contribution is 6.08. The van der Waals surface area contributed by atoms with Gasteiger partial charge in [0.1, 0.15) is 5.84 Å². The number of hydrogen-bond acceptors (Lipinski definition) is 5. The molecule has 1 amide bonds. The molecule has 7 heteroatoms. The van der Waals surface area contributed by atoms with Crippen molar-refractivity contribution in [3.8, 4) is 0 Å². The van der Waals surface area contributed by atoms with Crippen LogP contribution in [0.25, 0.3) is 0 Å². The van der Waals surface area contributed by atoms with Crippen molar-refractivity contribution in [1.82, 2.24) is 9.88 Å². The summed E-state index contributed by atoms with van der Waals surface area (Å²) in [5, 5.41) is 7.13. The van der Waals surface area contributed by atoms with Gasteiger partial charge < -0.3 is 20.0 Å². The second-order valence-electron chi connectivity index (χ2n) is 7.65. The number of furan rings is 1. The SMILES string of the molecule is O=C(c1ccco1)N1CCC2(CC1)Nc1cccnc1NC2=NCc1ccccc1. The van der Waals surface area contributed by atoms with Crippen LogP contribution >= 0.6 is 0 Å². The molecule has 1 spiro atoms. The first-order valence-electron chi connectivity index (χ1n) is 10.2. The van der Waals surface area contributed by atoms with Gasteiger partial charge in [0.15, 0.2) is 11.6 Å². The van der Waals surface area contributed by atoms with Gasteiger partial charge in [-0.05, 0) is 42.7 Å². The minimum Gasteiger partial charge on any atom is -0.459 e. The zero-order valence-corrected chi connectivity index (χ0v) is 16.5. The number of rotatable bonds is 3. The number of aliphatic imine (C=N–C) groups is 1. The molecule has 1 saturated heterocycles. The molecule has 152 valence electrons. The number of carbonyl (C=O) groups excluding carboxylic acids is 1. The highest BCUT2D eigenvalue weighted by Crippen LogP contribution is 2.36. The first kappa shape index (κ1) is 18.4. The first-order valence-corrected chi connectivity index (χ1v) is 10.2. The van der Waals surface area contributed by atoms with Crippen LogP contribution in [0.3, 0.4) is 0 Å². The van der Waals surface area contributed by atoms with Crippen molar-refractivity contribution in [2.24, 2.45) is 4.99 Å². The molecular weight excluding hydrogens is 378 g/mol. The van der Waals surface area contributed by atoms with Crippen molar-refractivity contribution in [2.75, 3.05) is 23.7 Å². The van der Waals surface area contributed by atoms with E-state index in [0.29, 0.717) is 25.4 Å². The largest absolute Gasteiger partial charge is 0.459 e. The molecule has 3 aromatic rings. The predicted octanol–water partition coefficient (Wildman–Crippen LogP) is 3.79. The first-order chi connectivity index (χ1) is 14.7. The van der Waals surface area contributed by atoms with E-state index in [2.05, 4.69) is 27.8 Å². The molecule has 7 nitrogen and oxygen atoms in total. The van der Waals surface area contributed by atoms with Gasteiger partial charge in [0.05, 0.1) is 24.0 Å². The Balaban J connectivity index is 1.40. The summed E-state index contributed by atoms with van der Waals surface area (Å²) in [6, 6.07) is 17.6. The van der Waals surface area contributed by atoms with Gasteiger partial charge in [-0.3, -0.25) is 9.79 Å². The van der Waals surface area contributed by atoms with Gasteiger partial charge >= 0.3 is 0 Å². The van der Waals surface area contributed by atoms with Gasteiger partial charge in [0, 0.05) is 19.3 Å². The molecule has 1 aromatic carbocycles. The number of aromatic nitrogens is 1. The van der Waals surface area contributed by atoms with E-state index in [-0.39, 0.29) is 11.4 Å². The van der Waals surface area contributed by atoms with Crippen LogP contribution in [0.2, 0.25) is 0 Å². The number of carbonyl (C=O) groups is 1. The third kappa shape index (κ3) is 3.43. The monoisotopic (exact) mass is 401 g/mol. The molecule has 0 saturated carbocycles. The van der Waals surface area contributed by atoms with Crippen LogP contribution in [-0.4, -0.2) is 40.3 Å². The lowest BCUT2D eigenvalue weighted by atomic mass is 9.84. The number of likely N-dealkylation sites (tertiary alicyclic amines) is 1. The summed E-state index contributed by atoms with van der Waals surface area (Å²) in [6.07, 6.45) is 4.79. The Bertz CT molecular complexity index is 1050. The Morgan fingerprint density at radius 2 is 1.93 bits per heavy atom. The van der Waals surface area contributed by atoms with Gasteiger partial charge in [0.2, 0.25) is 0 Å². The lowest BCUT2D eigenvalue weighted by molar-refractivity contribution is 0.0672. The Labute approximate surface area is 174 Å². The van der Waals surface area contributed by atoms with Crippen LogP contribution in [-0.2, 0) is 6.54 Å². The molecule has 30 heavy (non-hydrogen) atoms. The zero-order valence-electron chi connectivity index (χ0n) is 16.5. The lowest BCUT2D eigenvalue weighted by Crippen LogP contribution is -2.59. The van der Waals surface area contributed by atoms with E-state index >= 15 is 0 Å². The number of piperidine rings is 1. The molecule has 2 aliphatic heterocycles. The smallest absolute Gasteiger partial charge is 0.289 e. The molecule has 0 radical (unpaired) electrons. The number of fused-ring (bicyclic) bond motifs is 1. The molecule has 2 aliphatic rings. The van der Waals surface area contributed by atoms with Crippen molar-refractivity contribution < 1.29 is 9.21 Å². The second-order valence-corrected chi connectivity index (χ2v) is 7.65. The fourth-order valence-corrected chi connectivity index (χ4v) is 4.11. The average Bonchev–Trinajstić information content (AvgIpc) is 3.33. The second kappa shape index (κ2) is 7.67. The number of nitrogens with zero attached hydrogens (tertiary/aromatic N) is 3. The van der Waals surface area contributed by atoms with Crippen molar-refractivity contribution >= 4 is 23.2 Å². The van der Waals surface area contributed by atoms with E-state index in [1.54, 1.807) is 18.3 Å². The number of amidine groups is 1. The highest BCUT2D eigenvalue weighted by atomic mass is 16.3. The minimum absolute atomic E-state index is 0.0662. The fourth-order valence-electron chi connectivity index (χ4n) is 4.11. The highest BCUT2D eigenvalue weighted by Gasteiger charge is 2.44. The number of benzene rings is 1. The number of amides is 1. The van der Waals surface area contributed by atoms with Crippen LogP contribution in [0.5, 0.6) is 0 Å². The Morgan fingerprint density at radius 1 is 1.10 bits per heavy atom. The third-order valence-electron chi connectivity index (χ3n) is 5.77. The van der Waals surface area contributed by atoms with E-state index in [1.165, 1.54) is 6.26 Å². The summed E-state index contributed by atoms with van der Waals surface area (Å²) in [6.45, 7) is 1.83. The number of hydrogen-bond donors (Lipinski definition) is 2. The summed E-state index contributed by atoms with van der Waals surface area (Å²) in [7, 11) is 0. The van der Waals surface area contributed by atoms with E-state index in [1.807, 2.05) is 35.2 Å². The molecule has 0 bridgehead atoms. The minimum atomic E-state index is -0.356. The van der Waals surface area contributed by atoms with Gasteiger partial charge in [-0.25, -0.2) is 4.98 Å². The van der Waals surface area contributed by atoms with Crippen LogP contribution < -0.4 is 10.6 Å². The molecule has 0 atom stereocenters. The van der Waals surface area contributed by atoms with Crippen molar-refractivity contribution in [3.63, 3.8) is 0 Å². The van der Waals surface area contributed by atoms with Gasteiger partial charge in [-0.2, -0.15) is 0 Å². The molecule has 0 aliphatic carbocycles. The van der Waals surface area contributed by atoms with E-state index in [9.17, 15) is 4.79 Å². The molecule has 5 rings (SSSR count). The van der Waals surface area contributed by atoms with Crippen LogP contribution in [0.1, 0.15) is 29.0 Å². The summed E-state index contributed by atoms with van der Waals surface area (Å²) >= 11 is 0. The Hall–Kier alpha value is -3.61. The normalized spacial score (nSPS) is 18.5. The van der Waals surface area contributed by atoms with Crippen LogP contribution in [0.4, 0.5) is 11.5 Å². The Kier molecular flexibility index (Phi) is 4.71. The van der Waals surface area contributed by atoms with Crippen LogP contribution in [0, 0.1) is 0 Å². The van der Waals surface area contributed by atoms with Crippen LogP contribution in [0.15, 0.2) is 76.5 Å². The summed E-state index contributed by atoms with van der Waals surface area (Å²) in [5.41, 5.74) is 1.76. The summed E-state index contributed by atoms with van der Waals surface area (Å²) in [4.78, 5) is 23.9. The van der Waals surface area contributed by atoms with E-state index in [0.717, 1.165) is 35.7 Å². The molecule has 0 unspecified atom stereocenters. The fraction of sp³-hybridized carbons (Fsp3) is 0.261. The summed E-state index contributed by atoms with van der Waals surface area (Å²) < 4.78 is 5.29. The molecule has 1 fully saturated rings. The van der Waals surface area contributed by atoms with Crippen molar-refractivity contribution in [2.45, 2.75) is 24.9 Å². The van der Waals surface area contributed by atoms with Crippen molar-refractivity contribution in [1.29, 1.82) is 0 Å². The standard InChI is InChI=1S/C23H23N5O2/c29-21(19-9-5-15-30-19)28-13-10-23(11-14-28)22(25-16-17-6-2-1-3-7-17)26-20-18(27-23)8-4-12-24-20/h1-9,12,15,27H,10-11,13-14,16H2,(H,24,25,26). The summed E-state index contributed by atoms with van der Waals surface area (Å²) in [5.74, 6) is 1.98. The van der Waals surface area contributed by atoms with Gasteiger partial charge in [0.25, 0.3) is 5.91 Å².